The van der Waals surface area contributed by atoms with Gasteiger partial charge in [0.1, 0.15) is 5.54 Å². The molecule has 1 aromatic carbocycles. The number of nitrogens with one attached hydrogen (secondary N) is 2. The first-order chi connectivity index (χ1) is 10.0. The lowest BCUT2D eigenvalue weighted by atomic mass is 9.83. The molecule has 2 N–H and O–H groups in total. The highest BCUT2D eigenvalue weighted by Crippen LogP contribution is 2.27. The molecule has 1 amide bonds. The fraction of sp³-hybridized carbons (Fsp3) is 0.500. The van der Waals surface area contributed by atoms with Crippen LogP contribution in [0.3, 0.4) is 0 Å². The van der Waals surface area contributed by atoms with Gasteiger partial charge in [0.25, 0.3) is 0 Å². The third kappa shape index (κ3) is 4.12. The van der Waals surface area contributed by atoms with Crippen LogP contribution in [-0.2, 0) is 4.79 Å². The maximum Gasteiger partial charge on any atom is 0.240 e. The zero-order chi connectivity index (χ0) is 15.3. The lowest BCUT2D eigenvalue weighted by molar-refractivity contribution is -0.121. The summed E-state index contributed by atoms with van der Waals surface area (Å²) >= 11 is 5.95. The summed E-state index contributed by atoms with van der Waals surface area (Å²) in [4.78, 5) is 12.1. The van der Waals surface area contributed by atoms with E-state index < -0.39 is 5.54 Å². The highest BCUT2D eigenvalue weighted by atomic mass is 35.5. The fourth-order valence-electron chi connectivity index (χ4n) is 2.69. The zero-order valence-electron chi connectivity index (χ0n) is 12.2. The van der Waals surface area contributed by atoms with Crippen molar-refractivity contribution in [2.75, 3.05) is 11.9 Å². The molecule has 1 aliphatic rings. The number of amides is 1. The number of aryl methyl sites for hydroxylation is 1. The molecule has 112 valence electrons. The Balaban J connectivity index is 1.93. The first kappa shape index (κ1) is 15.7. The molecular weight excluding hydrogens is 286 g/mol. The van der Waals surface area contributed by atoms with Crippen molar-refractivity contribution in [2.24, 2.45) is 0 Å². The van der Waals surface area contributed by atoms with Gasteiger partial charge in [-0.25, -0.2) is 0 Å². The van der Waals surface area contributed by atoms with Gasteiger partial charge in [-0.1, -0.05) is 36.9 Å². The fourth-order valence-corrected chi connectivity index (χ4v) is 2.86. The molecule has 21 heavy (non-hydrogen) atoms. The number of carbonyl (C=O) groups is 1. The first-order valence-corrected chi connectivity index (χ1v) is 7.65. The van der Waals surface area contributed by atoms with Gasteiger partial charge in [-0.15, -0.1) is 0 Å². The highest BCUT2D eigenvalue weighted by molar-refractivity contribution is 6.30. The molecule has 4 nitrogen and oxygen atoms in total. The molecule has 0 unspecified atom stereocenters. The molecule has 1 aromatic rings. The molecular formula is C16H20ClN3O. The summed E-state index contributed by atoms with van der Waals surface area (Å²) in [7, 11) is 0. The van der Waals surface area contributed by atoms with E-state index >= 15 is 0 Å². The van der Waals surface area contributed by atoms with Crippen LogP contribution in [0.5, 0.6) is 0 Å². The van der Waals surface area contributed by atoms with Crippen molar-refractivity contribution in [3.8, 4) is 6.07 Å². The average Bonchev–Trinajstić information content (AvgIpc) is 2.49. The van der Waals surface area contributed by atoms with E-state index in [1.54, 1.807) is 6.07 Å². The van der Waals surface area contributed by atoms with E-state index in [4.69, 9.17) is 11.6 Å². The van der Waals surface area contributed by atoms with Crippen LogP contribution in [0.2, 0.25) is 5.02 Å². The van der Waals surface area contributed by atoms with Gasteiger partial charge in [0, 0.05) is 10.7 Å². The second kappa shape index (κ2) is 6.82. The summed E-state index contributed by atoms with van der Waals surface area (Å²) < 4.78 is 0. The van der Waals surface area contributed by atoms with Crippen LogP contribution in [0.1, 0.15) is 37.7 Å². The monoisotopic (exact) mass is 305 g/mol. The van der Waals surface area contributed by atoms with E-state index in [1.807, 2.05) is 19.1 Å². The van der Waals surface area contributed by atoms with E-state index in [2.05, 4.69) is 16.7 Å². The Morgan fingerprint density at radius 1 is 1.38 bits per heavy atom. The van der Waals surface area contributed by atoms with Crippen molar-refractivity contribution >= 4 is 23.2 Å². The second-order valence-electron chi connectivity index (χ2n) is 5.62. The molecule has 0 aromatic heterocycles. The molecule has 0 aliphatic heterocycles. The maximum atomic E-state index is 12.1. The van der Waals surface area contributed by atoms with Crippen LogP contribution >= 0.6 is 11.6 Å². The summed E-state index contributed by atoms with van der Waals surface area (Å²) in [5.74, 6) is -0.155. The number of hydrogen-bond acceptors (Lipinski definition) is 3. The van der Waals surface area contributed by atoms with Crippen LogP contribution in [0.4, 0.5) is 5.69 Å². The van der Waals surface area contributed by atoms with E-state index in [0.717, 1.165) is 43.4 Å². The summed E-state index contributed by atoms with van der Waals surface area (Å²) in [5.41, 5.74) is 1.19. The lowest BCUT2D eigenvalue weighted by Gasteiger charge is -2.31. The van der Waals surface area contributed by atoms with Gasteiger partial charge < -0.3 is 10.6 Å². The van der Waals surface area contributed by atoms with Gasteiger partial charge in [0.05, 0.1) is 12.6 Å². The number of benzene rings is 1. The standard InChI is InChI=1S/C16H20ClN3O/c1-12-5-6-13(17)9-14(12)19-10-15(21)20-16(11-18)7-3-2-4-8-16/h5-6,9,19H,2-4,7-8,10H2,1H3,(H,20,21). The number of anilines is 1. The Hall–Kier alpha value is -1.73. The van der Waals surface area contributed by atoms with E-state index in [9.17, 15) is 10.1 Å². The van der Waals surface area contributed by atoms with Gasteiger partial charge in [-0.05, 0) is 37.5 Å². The molecule has 0 bridgehead atoms. The summed E-state index contributed by atoms with van der Waals surface area (Å²) in [6, 6.07) is 7.80. The molecule has 1 fully saturated rings. The van der Waals surface area contributed by atoms with Gasteiger partial charge in [0.15, 0.2) is 0 Å². The first-order valence-electron chi connectivity index (χ1n) is 7.27. The Bertz CT molecular complexity index is 559. The molecule has 0 heterocycles. The number of nitriles is 1. The second-order valence-corrected chi connectivity index (χ2v) is 6.05. The highest BCUT2D eigenvalue weighted by Gasteiger charge is 2.33. The minimum absolute atomic E-state index is 0.143. The van der Waals surface area contributed by atoms with Crippen LogP contribution in [0, 0.1) is 18.3 Å². The number of rotatable bonds is 4. The molecule has 1 saturated carbocycles. The zero-order valence-corrected chi connectivity index (χ0v) is 13.0. The smallest absolute Gasteiger partial charge is 0.240 e. The molecule has 0 radical (unpaired) electrons. The maximum absolute atomic E-state index is 12.1. The van der Waals surface area contributed by atoms with E-state index in [-0.39, 0.29) is 12.5 Å². The van der Waals surface area contributed by atoms with Crippen molar-refractivity contribution in [2.45, 2.75) is 44.6 Å². The van der Waals surface area contributed by atoms with Crippen molar-refractivity contribution in [1.29, 1.82) is 5.26 Å². The molecule has 2 rings (SSSR count). The number of carbonyl (C=O) groups excluding carboxylic acids is 1. The Labute approximate surface area is 130 Å². The quantitative estimate of drug-likeness (QED) is 0.896. The van der Waals surface area contributed by atoms with Crippen LogP contribution in [0.25, 0.3) is 0 Å². The van der Waals surface area contributed by atoms with Crippen molar-refractivity contribution < 1.29 is 4.79 Å². The van der Waals surface area contributed by atoms with Gasteiger partial charge >= 0.3 is 0 Å². The minimum atomic E-state index is -0.680. The summed E-state index contributed by atoms with van der Waals surface area (Å²) in [6.45, 7) is 2.10. The van der Waals surface area contributed by atoms with Crippen LogP contribution < -0.4 is 10.6 Å². The van der Waals surface area contributed by atoms with E-state index in [0.29, 0.717) is 5.02 Å². The lowest BCUT2D eigenvalue weighted by Crippen LogP contribution is -2.50. The molecule has 0 spiro atoms. The number of hydrogen-bond donors (Lipinski definition) is 2. The Kier molecular flexibility index (Phi) is 5.08. The Morgan fingerprint density at radius 3 is 2.76 bits per heavy atom. The normalized spacial score (nSPS) is 16.8. The van der Waals surface area contributed by atoms with E-state index in [1.165, 1.54) is 0 Å². The van der Waals surface area contributed by atoms with Crippen molar-refractivity contribution in [3.05, 3.63) is 28.8 Å². The SMILES string of the molecule is Cc1ccc(Cl)cc1NCC(=O)NC1(C#N)CCCCC1. The minimum Gasteiger partial charge on any atom is -0.376 e. The molecule has 1 aliphatic carbocycles. The third-order valence-electron chi connectivity index (χ3n) is 3.94. The van der Waals surface area contributed by atoms with Crippen molar-refractivity contribution in [3.63, 3.8) is 0 Å². The average molecular weight is 306 g/mol. The predicted molar refractivity (Wildman–Crippen MR) is 84.3 cm³/mol. The van der Waals surface area contributed by atoms with Gasteiger partial charge in [-0.3, -0.25) is 4.79 Å². The van der Waals surface area contributed by atoms with Gasteiger partial charge in [0.2, 0.25) is 5.91 Å². The molecule has 5 heteroatoms. The third-order valence-corrected chi connectivity index (χ3v) is 4.17. The van der Waals surface area contributed by atoms with Crippen LogP contribution in [0.15, 0.2) is 18.2 Å². The molecule has 0 atom stereocenters. The Morgan fingerprint density at radius 2 is 2.10 bits per heavy atom. The van der Waals surface area contributed by atoms with Crippen LogP contribution in [-0.4, -0.2) is 18.0 Å². The number of nitrogens with zero attached hydrogens (tertiary/aromatic N) is 1. The predicted octanol–water partition coefficient (Wildman–Crippen LogP) is 3.40. The summed E-state index contributed by atoms with van der Waals surface area (Å²) in [6.07, 6.45) is 4.61. The van der Waals surface area contributed by atoms with Gasteiger partial charge in [-0.2, -0.15) is 5.26 Å². The number of halogens is 1. The largest absolute Gasteiger partial charge is 0.376 e. The molecule has 0 saturated heterocycles. The van der Waals surface area contributed by atoms with Crippen molar-refractivity contribution in [1.82, 2.24) is 5.32 Å². The summed E-state index contributed by atoms with van der Waals surface area (Å²) in [5, 5.41) is 16.0. The topological polar surface area (TPSA) is 64.9 Å².